The molecule has 1 fully saturated rings. The van der Waals surface area contributed by atoms with Crippen molar-refractivity contribution in [3.8, 4) is 5.75 Å². The highest BCUT2D eigenvalue weighted by Gasteiger charge is 2.32. The van der Waals surface area contributed by atoms with E-state index < -0.39 is 47.3 Å². The summed E-state index contributed by atoms with van der Waals surface area (Å²) in [6.07, 6.45) is -3.68. The first-order valence-electron chi connectivity index (χ1n) is 12.2. The Morgan fingerprint density at radius 3 is 2.55 bits per heavy atom. The van der Waals surface area contributed by atoms with Crippen molar-refractivity contribution in [3.05, 3.63) is 68.1 Å². The van der Waals surface area contributed by atoms with Gasteiger partial charge in [-0.2, -0.15) is 13.2 Å². The van der Waals surface area contributed by atoms with Crippen LogP contribution >= 0.6 is 0 Å². The van der Waals surface area contributed by atoms with Crippen LogP contribution in [-0.2, 0) is 33.6 Å². The van der Waals surface area contributed by atoms with Gasteiger partial charge in [0, 0.05) is 30.8 Å². The number of nitrogens with zero attached hydrogens (tertiary/aromatic N) is 4. The van der Waals surface area contributed by atoms with Gasteiger partial charge in [0.15, 0.2) is 0 Å². The number of hydrogen-bond donors (Lipinski definition) is 1. The van der Waals surface area contributed by atoms with E-state index in [0.717, 1.165) is 38.7 Å². The molecule has 1 saturated heterocycles. The maximum atomic E-state index is 13.6. The molecule has 1 unspecified atom stereocenters. The van der Waals surface area contributed by atoms with Crippen molar-refractivity contribution in [1.82, 2.24) is 14.0 Å². The lowest BCUT2D eigenvalue weighted by Crippen LogP contribution is -2.45. The number of aromatic nitrogens is 2. The highest BCUT2D eigenvalue weighted by Crippen LogP contribution is 2.32. The fraction of sp³-hybridized carbons (Fsp3) is 0.400. The zero-order chi connectivity index (χ0) is 29.2. The molecule has 0 saturated carbocycles. The number of imidazole rings is 1. The second-order valence-corrected chi connectivity index (χ2v) is 9.28. The fourth-order valence-corrected chi connectivity index (χ4v) is 4.69. The predicted molar refractivity (Wildman–Crippen MR) is 135 cm³/mol. The van der Waals surface area contributed by atoms with Crippen molar-refractivity contribution >= 4 is 28.5 Å². The molecule has 2 heterocycles. The third kappa shape index (κ3) is 6.09. The second-order valence-electron chi connectivity index (χ2n) is 9.28. The molecule has 0 bridgehead atoms. The van der Waals surface area contributed by atoms with Crippen molar-refractivity contribution in [3.63, 3.8) is 0 Å². The number of amides is 2. The van der Waals surface area contributed by atoms with Crippen molar-refractivity contribution in [2.75, 3.05) is 26.8 Å². The first-order chi connectivity index (χ1) is 18.9. The summed E-state index contributed by atoms with van der Waals surface area (Å²) >= 11 is 0. The summed E-state index contributed by atoms with van der Waals surface area (Å²) in [4.78, 5) is 50.3. The van der Waals surface area contributed by atoms with E-state index in [1.165, 1.54) is 25.3 Å². The Bertz CT molecular complexity index is 1510. The van der Waals surface area contributed by atoms with Crippen LogP contribution in [0.2, 0.25) is 0 Å². The van der Waals surface area contributed by atoms with Gasteiger partial charge in [0.1, 0.15) is 12.3 Å². The van der Waals surface area contributed by atoms with Gasteiger partial charge in [-0.3, -0.25) is 28.8 Å². The van der Waals surface area contributed by atoms with Crippen LogP contribution in [0.3, 0.4) is 0 Å². The Balaban J connectivity index is 1.79. The Morgan fingerprint density at radius 1 is 1.20 bits per heavy atom. The van der Waals surface area contributed by atoms with Crippen LogP contribution in [0.25, 0.3) is 11.0 Å². The van der Waals surface area contributed by atoms with Crippen LogP contribution in [0.5, 0.6) is 5.75 Å². The van der Waals surface area contributed by atoms with E-state index >= 15 is 0 Å². The lowest BCUT2D eigenvalue weighted by atomic mass is 10.1. The molecule has 2 aromatic carbocycles. The average Bonchev–Trinajstić information content (AvgIpc) is 3.49. The molecular weight excluding hydrogens is 539 g/mol. The Hall–Kier alpha value is -4.40. The van der Waals surface area contributed by atoms with E-state index in [2.05, 4.69) is 0 Å². The fourth-order valence-electron chi connectivity index (χ4n) is 4.69. The van der Waals surface area contributed by atoms with Gasteiger partial charge in [0.2, 0.25) is 11.8 Å². The van der Waals surface area contributed by atoms with Crippen LogP contribution in [0, 0.1) is 10.1 Å². The number of carbonyl (C=O) groups is 2. The van der Waals surface area contributed by atoms with Crippen LogP contribution < -0.4 is 16.2 Å². The van der Waals surface area contributed by atoms with Gasteiger partial charge in [-0.05, 0) is 37.1 Å². The van der Waals surface area contributed by atoms with Gasteiger partial charge in [-0.15, -0.1) is 0 Å². The molecule has 2 N–H and O–H groups in total. The van der Waals surface area contributed by atoms with Gasteiger partial charge >= 0.3 is 11.9 Å². The number of hydrogen-bond acceptors (Lipinski definition) is 7. The van der Waals surface area contributed by atoms with Crippen LogP contribution in [0.1, 0.15) is 24.0 Å². The van der Waals surface area contributed by atoms with Crippen LogP contribution in [0.4, 0.5) is 18.9 Å². The number of nitro groups is 1. The van der Waals surface area contributed by atoms with Gasteiger partial charge in [-0.1, -0.05) is 0 Å². The van der Waals surface area contributed by atoms with Crippen LogP contribution in [-0.4, -0.2) is 63.7 Å². The number of nitro benzene ring substituents is 1. The summed E-state index contributed by atoms with van der Waals surface area (Å²) in [6, 6.07) is 6.40. The SMILES string of the molecule is COc1ccc([N+](=O)[O-])cc1Cn1c(=O)n(CC(=O)N(CC(N)=O)CC2CCCO2)c2cc(C(F)(F)F)ccc21. The number of non-ortho nitro benzene ring substituents is 1. The van der Waals surface area contributed by atoms with E-state index in [4.69, 9.17) is 15.2 Å². The lowest BCUT2D eigenvalue weighted by Gasteiger charge is -2.24. The number of benzene rings is 2. The topological polar surface area (TPSA) is 152 Å². The minimum Gasteiger partial charge on any atom is -0.496 e. The minimum atomic E-state index is -4.73. The summed E-state index contributed by atoms with van der Waals surface area (Å²) in [5.74, 6) is -1.32. The molecule has 1 atom stereocenters. The van der Waals surface area contributed by atoms with Crippen molar-refractivity contribution < 1.29 is 37.2 Å². The first-order valence-corrected chi connectivity index (χ1v) is 12.2. The number of ether oxygens (including phenoxy) is 2. The highest BCUT2D eigenvalue weighted by molar-refractivity contribution is 5.85. The quantitative estimate of drug-likeness (QED) is 0.292. The number of fused-ring (bicyclic) bond motifs is 1. The molecule has 4 rings (SSSR count). The molecule has 3 aromatic rings. The van der Waals surface area contributed by atoms with E-state index in [0.29, 0.717) is 13.0 Å². The Morgan fingerprint density at radius 2 is 1.95 bits per heavy atom. The molecular formula is C25H26F3N5O7. The zero-order valence-electron chi connectivity index (χ0n) is 21.3. The molecule has 0 aliphatic carbocycles. The first kappa shape index (κ1) is 28.6. The smallest absolute Gasteiger partial charge is 0.416 e. The third-order valence-corrected chi connectivity index (χ3v) is 6.59. The largest absolute Gasteiger partial charge is 0.496 e. The molecule has 0 spiro atoms. The molecule has 12 nitrogen and oxygen atoms in total. The summed E-state index contributed by atoms with van der Waals surface area (Å²) in [7, 11) is 1.33. The molecule has 15 heteroatoms. The molecule has 1 aliphatic heterocycles. The number of alkyl halides is 3. The molecule has 214 valence electrons. The van der Waals surface area contributed by atoms with Gasteiger partial charge < -0.3 is 20.1 Å². The lowest BCUT2D eigenvalue weighted by molar-refractivity contribution is -0.384. The van der Waals surface area contributed by atoms with Gasteiger partial charge in [-0.25, -0.2) is 4.79 Å². The zero-order valence-corrected chi connectivity index (χ0v) is 21.3. The molecule has 2 amide bonds. The maximum Gasteiger partial charge on any atom is 0.416 e. The third-order valence-electron chi connectivity index (χ3n) is 6.59. The molecule has 0 radical (unpaired) electrons. The van der Waals surface area contributed by atoms with E-state index in [9.17, 15) is 37.7 Å². The number of carbonyl (C=O) groups excluding carboxylic acids is 2. The average molecular weight is 566 g/mol. The predicted octanol–water partition coefficient (Wildman–Crippen LogP) is 2.28. The summed E-state index contributed by atoms with van der Waals surface area (Å²) < 4.78 is 53.5. The van der Waals surface area contributed by atoms with E-state index in [1.807, 2.05) is 0 Å². The second kappa shape index (κ2) is 11.4. The number of primary amides is 1. The molecule has 1 aliphatic rings. The number of halogens is 3. The minimum absolute atomic E-state index is 0.0217. The normalized spacial score (nSPS) is 15.3. The Kier molecular flexibility index (Phi) is 8.13. The summed E-state index contributed by atoms with van der Waals surface area (Å²) in [5.41, 5.74) is 3.23. The van der Waals surface area contributed by atoms with E-state index in [1.54, 1.807) is 0 Å². The van der Waals surface area contributed by atoms with E-state index in [-0.39, 0.29) is 47.2 Å². The summed E-state index contributed by atoms with van der Waals surface area (Å²) in [6.45, 7) is -0.945. The molecule has 1 aromatic heterocycles. The van der Waals surface area contributed by atoms with Gasteiger partial charge in [0.25, 0.3) is 5.69 Å². The van der Waals surface area contributed by atoms with Crippen LogP contribution in [0.15, 0.2) is 41.2 Å². The van der Waals surface area contributed by atoms with Crippen molar-refractivity contribution in [2.24, 2.45) is 5.73 Å². The molecule has 40 heavy (non-hydrogen) atoms. The summed E-state index contributed by atoms with van der Waals surface area (Å²) in [5, 5.41) is 11.3. The standard InChI is InChI=1S/C25H26F3N5O7/c1-39-21-7-5-17(33(37)38)9-15(21)11-31-19-6-4-16(25(26,27)28)10-20(19)32(24(31)36)14-23(35)30(13-22(29)34)12-18-3-2-8-40-18/h4-7,9-10,18H,2-3,8,11-14H2,1H3,(H2,29,34). The van der Waals surface area contributed by atoms with Crippen molar-refractivity contribution in [1.29, 1.82) is 0 Å². The number of nitrogens with two attached hydrogens (primary N) is 1. The monoisotopic (exact) mass is 565 g/mol. The van der Waals surface area contributed by atoms with Gasteiger partial charge in [0.05, 0.1) is 47.8 Å². The van der Waals surface area contributed by atoms with Crippen molar-refractivity contribution in [2.45, 2.75) is 38.2 Å². The number of rotatable bonds is 10. The maximum absolute atomic E-state index is 13.6. The Labute approximate surface area is 224 Å². The highest BCUT2D eigenvalue weighted by atomic mass is 19.4. The number of methoxy groups -OCH3 is 1.